The van der Waals surface area contributed by atoms with E-state index in [1.807, 2.05) is 75.4 Å². The molecule has 3 aromatic rings. The van der Waals surface area contributed by atoms with Gasteiger partial charge in [-0.15, -0.1) is 0 Å². The van der Waals surface area contributed by atoms with E-state index >= 15 is 0 Å². The first kappa shape index (κ1) is 25.6. The van der Waals surface area contributed by atoms with E-state index in [1.165, 1.54) is 6.07 Å². The minimum absolute atomic E-state index is 0.104. The first-order chi connectivity index (χ1) is 16.7. The van der Waals surface area contributed by atoms with Crippen molar-refractivity contribution in [3.63, 3.8) is 0 Å². The fourth-order valence-electron chi connectivity index (χ4n) is 3.93. The normalized spacial score (nSPS) is 11.7. The van der Waals surface area contributed by atoms with Crippen molar-refractivity contribution in [2.24, 2.45) is 0 Å². The van der Waals surface area contributed by atoms with Crippen LogP contribution >= 0.6 is 0 Å². The molecule has 0 fully saturated rings. The molecule has 35 heavy (non-hydrogen) atoms. The van der Waals surface area contributed by atoms with Crippen LogP contribution in [0.5, 0.6) is 0 Å². The van der Waals surface area contributed by atoms with Gasteiger partial charge in [-0.25, -0.2) is 0 Å². The van der Waals surface area contributed by atoms with Crippen molar-refractivity contribution >= 4 is 17.5 Å². The number of hydrogen-bond donors (Lipinski definition) is 1. The quantitative estimate of drug-likeness (QED) is 0.344. The molecule has 0 unspecified atom stereocenters. The Kier molecular flexibility index (Phi) is 8.73. The molecule has 1 atom stereocenters. The Morgan fingerprint density at radius 1 is 0.914 bits per heavy atom. The number of carbonyl (C=O) groups excluding carboxylic acids is 2. The van der Waals surface area contributed by atoms with E-state index < -0.39 is 11.0 Å². The summed E-state index contributed by atoms with van der Waals surface area (Å²) in [4.78, 5) is 39.6. The average Bonchev–Trinajstić information content (AvgIpc) is 2.83. The molecular formula is C28H31N3O4. The van der Waals surface area contributed by atoms with Crippen molar-refractivity contribution in [1.82, 2.24) is 10.2 Å². The predicted octanol–water partition coefficient (Wildman–Crippen LogP) is 4.61. The maximum absolute atomic E-state index is 13.7. The van der Waals surface area contributed by atoms with Gasteiger partial charge in [0.05, 0.1) is 11.3 Å². The number of hydrogen-bond acceptors (Lipinski definition) is 4. The van der Waals surface area contributed by atoms with Crippen LogP contribution in [0.25, 0.3) is 0 Å². The molecule has 3 rings (SSSR count). The van der Waals surface area contributed by atoms with E-state index in [0.717, 1.165) is 16.7 Å². The van der Waals surface area contributed by atoms with E-state index in [-0.39, 0.29) is 36.5 Å². The number of nitro benzene ring substituents is 1. The average molecular weight is 474 g/mol. The van der Waals surface area contributed by atoms with Crippen LogP contribution in [-0.2, 0) is 29.0 Å². The van der Waals surface area contributed by atoms with E-state index in [9.17, 15) is 19.7 Å². The summed E-state index contributed by atoms with van der Waals surface area (Å²) in [5.41, 5.74) is 3.09. The van der Waals surface area contributed by atoms with E-state index in [2.05, 4.69) is 5.32 Å². The Bertz CT molecular complexity index is 1160. The van der Waals surface area contributed by atoms with Crippen molar-refractivity contribution in [1.29, 1.82) is 0 Å². The molecule has 0 saturated carbocycles. The lowest BCUT2D eigenvalue weighted by atomic mass is 10.0. The first-order valence-electron chi connectivity index (χ1n) is 11.7. The predicted molar refractivity (Wildman–Crippen MR) is 136 cm³/mol. The maximum atomic E-state index is 13.7. The summed E-state index contributed by atoms with van der Waals surface area (Å²) >= 11 is 0. The van der Waals surface area contributed by atoms with Gasteiger partial charge in [0.25, 0.3) is 5.69 Å². The fourth-order valence-corrected chi connectivity index (χ4v) is 3.93. The number of benzene rings is 3. The molecule has 0 aromatic heterocycles. The van der Waals surface area contributed by atoms with Gasteiger partial charge in [0.15, 0.2) is 0 Å². The molecule has 7 heteroatoms. The third kappa shape index (κ3) is 7.24. The molecule has 3 aromatic carbocycles. The summed E-state index contributed by atoms with van der Waals surface area (Å²) in [6.45, 7) is 5.94. The molecule has 0 heterocycles. The number of para-hydroxylation sites is 1. The van der Waals surface area contributed by atoms with Crippen LogP contribution in [0.1, 0.15) is 36.1 Å². The molecule has 0 spiro atoms. The molecule has 0 aliphatic heterocycles. The summed E-state index contributed by atoms with van der Waals surface area (Å²) in [7, 11) is 0. The zero-order valence-corrected chi connectivity index (χ0v) is 20.3. The number of carbonyl (C=O) groups is 2. The van der Waals surface area contributed by atoms with Gasteiger partial charge in [0.1, 0.15) is 6.04 Å². The van der Waals surface area contributed by atoms with Crippen LogP contribution in [0.3, 0.4) is 0 Å². The molecular weight excluding hydrogens is 442 g/mol. The second kappa shape index (κ2) is 11.9. The second-order valence-electron chi connectivity index (χ2n) is 8.94. The third-order valence-corrected chi connectivity index (χ3v) is 5.71. The summed E-state index contributed by atoms with van der Waals surface area (Å²) in [5.74, 6) is -0.605. The number of nitrogens with zero attached hydrogens (tertiary/aromatic N) is 2. The monoisotopic (exact) mass is 473 g/mol. The van der Waals surface area contributed by atoms with Gasteiger partial charge < -0.3 is 10.2 Å². The highest BCUT2D eigenvalue weighted by molar-refractivity contribution is 5.89. The Balaban J connectivity index is 2.00. The molecule has 7 nitrogen and oxygen atoms in total. The number of nitro groups is 1. The van der Waals surface area contributed by atoms with Crippen LogP contribution in [-0.4, -0.2) is 33.7 Å². The minimum Gasteiger partial charge on any atom is -0.352 e. The largest absolute Gasteiger partial charge is 0.352 e. The summed E-state index contributed by atoms with van der Waals surface area (Å²) < 4.78 is 0. The number of nitrogens with one attached hydrogen (secondary N) is 1. The topological polar surface area (TPSA) is 92.6 Å². The van der Waals surface area contributed by atoms with Gasteiger partial charge in [0, 0.05) is 30.6 Å². The molecule has 0 saturated heterocycles. The molecule has 2 amide bonds. The Hall–Kier alpha value is -4.00. The van der Waals surface area contributed by atoms with E-state index in [0.29, 0.717) is 12.0 Å². The van der Waals surface area contributed by atoms with Gasteiger partial charge in [0.2, 0.25) is 11.8 Å². The van der Waals surface area contributed by atoms with Crippen LogP contribution in [0.2, 0.25) is 0 Å². The highest BCUT2D eigenvalue weighted by Crippen LogP contribution is 2.22. The molecule has 182 valence electrons. The third-order valence-electron chi connectivity index (χ3n) is 5.71. The van der Waals surface area contributed by atoms with E-state index in [1.54, 1.807) is 23.1 Å². The Morgan fingerprint density at radius 3 is 2.17 bits per heavy atom. The highest BCUT2D eigenvalue weighted by atomic mass is 16.6. The summed E-state index contributed by atoms with van der Waals surface area (Å²) in [6.07, 6.45) is 0.150. The summed E-state index contributed by atoms with van der Waals surface area (Å²) in [5, 5.41) is 14.5. The van der Waals surface area contributed by atoms with Gasteiger partial charge in [-0.3, -0.25) is 19.7 Å². The minimum atomic E-state index is -0.781. The van der Waals surface area contributed by atoms with Crippen LogP contribution in [0.15, 0.2) is 78.9 Å². The lowest BCUT2D eigenvalue weighted by molar-refractivity contribution is -0.385. The molecule has 1 N–H and O–H groups in total. The standard InChI is InChI=1S/C28H31N3O4/c1-20(2)29-28(33)26(17-22-9-5-4-6-10-22)30(19-23-15-13-21(3)14-16-23)27(32)18-24-11-7-8-12-25(24)31(34)35/h4-16,20,26H,17-19H2,1-3H3,(H,29,33)/t26-/m0/s1. The van der Waals surface area contributed by atoms with Crippen molar-refractivity contribution in [2.45, 2.75) is 52.2 Å². The van der Waals surface area contributed by atoms with Crippen LogP contribution in [0.4, 0.5) is 5.69 Å². The second-order valence-corrected chi connectivity index (χ2v) is 8.94. The van der Waals surface area contributed by atoms with Crippen molar-refractivity contribution in [3.05, 3.63) is 111 Å². The molecule has 0 radical (unpaired) electrons. The highest BCUT2D eigenvalue weighted by Gasteiger charge is 2.31. The van der Waals surface area contributed by atoms with Gasteiger partial charge in [-0.2, -0.15) is 0 Å². The summed E-state index contributed by atoms with van der Waals surface area (Å²) in [6, 6.07) is 22.6. The number of rotatable bonds is 10. The van der Waals surface area contributed by atoms with Crippen molar-refractivity contribution in [3.8, 4) is 0 Å². The smallest absolute Gasteiger partial charge is 0.273 e. The van der Waals surface area contributed by atoms with Gasteiger partial charge in [-0.05, 0) is 31.9 Å². The molecule has 0 aliphatic rings. The van der Waals surface area contributed by atoms with Crippen LogP contribution < -0.4 is 5.32 Å². The Labute approximate surface area is 205 Å². The van der Waals surface area contributed by atoms with E-state index in [4.69, 9.17) is 0 Å². The van der Waals surface area contributed by atoms with Crippen LogP contribution in [0, 0.1) is 17.0 Å². The number of aryl methyl sites for hydroxylation is 1. The first-order valence-corrected chi connectivity index (χ1v) is 11.7. The lowest BCUT2D eigenvalue weighted by Gasteiger charge is -2.32. The lowest BCUT2D eigenvalue weighted by Crippen LogP contribution is -2.52. The van der Waals surface area contributed by atoms with Gasteiger partial charge >= 0.3 is 0 Å². The van der Waals surface area contributed by atoms with Crippen molar-refractivity contribution < 1.29 is 14.5 Å². The zero-order chi connectivity index (χ0) is 25.4. The fraction of sp³-hybridized carbons (Fsp3) is 0.286. The Morgan fingerprint density at radius 2 is 1.54 bits per heavy atom. The molecule has 0 aliphatic carbocycles. The number of amides is 2. The SMILES string of the molecule is Cc1ccc(CN(C(=O)Cc2ccccc2[N+](=O)[O-])[C@@H](Cc2ccccc2)C(=O)NC(C)C)cc1. The zero-order valence-electron chi connectivity index (χ0n) is 20.3. The van der Waals surface area contributed by atoms with Gasteiger partial charge in [-0.1, -0.05) is 78.4 Å². The molecule has 0 bridgehead atoms. The maximum Gasteiger partial charge on any atom is 0.273 e. The van der Waals surface area contributed by atoms with Crippen molar-refractivity contribution in [2.75, 3.05) is 0 Å².